The standard InChI is InChI=1S/C11H18N2O5/c1-7(12-8(2)14)10(15)13-4-5-18-6-9(13)11(16)17-3/h7,9H,4-6H2,1-3H3,(H,12,14). The second-order valence-corrected chi connectivity index (χ2v) is 4.07. The summed E-state index contributed by atoms with van der Waals surface area (Å²) in [5.74, 6) is -1.12. The summed E-state index contributed by atoms with van der Waals surface area (Å²) in [6, 6.07) is -1.42. The molecule has 0 bridgehead atoms. The molecule has 7 nitrogen and oxygen atoms in total. The predicted octanol–water partition coefficient (Wildman–Crippen LogP) is -1.09. The fourth-order valence-corrected chi connectivity index (χ4v) is 1.81. The minimum absolute atomic E-state index is 0.116. The number of methoxy groups -OCH3 is 1. The van der Waals surface area contributed by atoms with Crippen LogP contribution in [0.5, 0.6) is 0 Å². The molecule has 1 saturated heterocycles. The van der Waals surface area contributed by atoms with Crippen molar-refractivity contribution in [1.29, 1.82) is 0 Å². The smallest absolute Gasteiger partial charge is 0.331 e. The Morgan fingerprint density at radius 1 is 1.44 bits per heavy atom. The highest BCUT2D eigenvalue weighted by Crippen LogP contribution is 2.10. The summed E-state index contributed by atoms with van der Waals surface area (Å²) in [4.78, 5) is 36.0. The molecule has 2 amide bonds. The van der Waals surface area contributed by atoms with E-state index < -0.39 is 18.1 Å². The molecule has 0 aliphatic carbocycles. The highest BCUT2D eigenvalue weighted by molar-refractivity contribution is 5.90. The molecule has 1 rings (SSSR count). The average Bonchev–Trinajstić information content (AvgIpc) is 2.36. The maximum Gasteiger partial charge on any atom is 0.331 e. The van der Waals surface area contributed by atoms with Crippen LogP contribution in [0.2, 0.25) is 0 Å². The number of carbonyl (C=O) groups excluding carboxylic acids is 3. The normalized spacial score (nSPS) is 21.1. The van der Waals surface area contributed by atoms with Gasteiger partial charge in [0.25, 0.3) is 0 Å². The Morgan fingerprint density at radius 2 is 2.11 bits per heavy atom. The first-order valence-corrected chi connectivity index (χ1v) is 5.70. The van der Waals surface area contributed by atoms with E-state index in [1.165, 1.54) is 18.9 Å². The van der Waals surface area contributed by atoms with E-state index in [1.807, 2.05) is 0 Å². The van der Waals surface area contributed by atoms with Crippen molar-refractivity contribution in [1.82, 2.24) is 10.2 Å². The van der Waals surface area contributed by atoms with Crippen molar-refractivity contribution in [2.75, 3.05) is 26.9 Å². The molecule has 1 N–H and O–H groups in total. The molecule has 1 aliphatic heterocycles. The lowest BCUT2D eigenvalue weighted by Crippen LogP contribution is -2.57. The van der Waals surface area contributed by atoms with Crippen LogP contribution in [-0.2, 0) is 23.9 Å². The van der Waals surface area contributed by atoms with Crippen LogP contribution >= 0.6 is 0 Å². The average molecular weight is 258 g/mol. The highest BCUT2D eigenvalue weighted by Gasteiger charge is 2.35. The zero-order chi connectivity index (χ0) is 13.7. The fourth-order valence-electron chi connectivity index (χ4n) is 1.81. The molecular weight excluding hydrogens is 240 g/mol. The van der Waals surface area contributed by atoms with E-state index in [0.29, 0.717) is 13.2 Å². The topological polar surface area (TPSA) is 84.9 Å². The van der Waals surface area contributed by atoms with Gasteiger partial charge in [0, 0.05) is 13.5 Å². The summed E-state index contributed by atoms with van der Waals surface area (Å²) in [5, 5.41) is 2.49. The lowest BCUT2D eigenvalue weighted by atomic mass is 10.2. The van der Waals surface area contributed by atoms with Gasteiger partial charge in [0.15, 0.2) is 6.04 Å². The number of nitrogens with zero attached hydrogens (tertiary/aromatic N) is 1. The van der Waals surface area contributed by atoms with E-state index in [2.05, 4.69) is 10.1 Å². The molecule has 0 spiro atoms. The zero-order valence-corrected chi connectivity index (χ0v) is 10.8. The van der Waals surface area contributed by atoms with Crippen molar-refractivity contribution in [3.05, 3.63) is 0 Å². The van der Waals surface area contributed by atoms with E-state index in [-0.39, 0.29) is 18.4 Å². The van der Waals surface area contributed by atoms with Crippen LogP contribution in [0.1, 0.15) is 13.8 Å². The third-order valence-corrected chi connectivity index (χ3v) is 2.68. The third-order valence-electron chi connectivity index (χ3n) is 2.68. The molecule has 1 aliphatic rings. The largest absolute Gasteiger partial charge is 0.467 e. The number of rotatable bonds is 3. The van der Waals surface area contributed by atoms with Gasteiger partial charge in [-0.05, 0) is 6.92 Å². The van der Waals surface area contributed by atoms with Gasteiger partial charge < -0.3 is 19.7 Å². The van der Waals surface area contributed by atoms with Crippen molar-refractivity contribution in [2.45, 2.75) is 25.9 Å². The molecule has 2 unspecified atom stereocenters. The molecule has 18 heavy (non-hydrogen) atoms. The van der Waals surface area contributed by atoms with Crippen LogP contribution < -0.4 is 5.32 Å². The number of hydrogen-bond donors (Lipinski definition) is 1. The van der Waals surface area contributed by atoms with Gasteiger partial charge in [0.1, 0.15) is 6.04 Å². The van der Waals surface area contributed by atoms with Gasteiger partial charge in [-0.1, -0.05) is 0 Å². The Labute approximate surface area is 105 Å². The number of amides is 2. The first kappa shape index (κ1) is 14.4. The maximum atomic E-state index is 12.1. The lowest BCUT2D eigenvalue weighted by molar-refractivity contribution is -0.161. The summed E-state index contributed by atoms with van der Waals surface area (Å²) in [6.07, 6.45) is 0. The molecule has 0 aromatic heterocycles. The number of nitrogens with one attached hydrogen (secondary N) is 1. The summed E-state index contributed by atoms with van der Waals surface area (Å²) in [7, 11) is 1.26. The minimum Gasteiger partial charge on any atom is -0.467 e. The summed E-state index contributed by atoms with van der Waals surface area (Å²) in [5.41, 5.74) is 0. The van der Waals surface area contributed by atoms with Gasteiger partial charge in [-0.2, -0.15) is 0 Å². The summed E-state index contributed by atoms with van der Waals surface area (Å²) < 4.78 is 9.79. The molecule has 7 heteroatoms. The summed E-state index contributed by atoms with van der Waals surface area (Å²) >= 11 is 0. The van der Waals surface area contributed by atoms with Crippen LogP contribution in [0.25, 0.3) is 0 Å². The molecule has 1 fully saturated rings. The number of carbonyl (C=O) groups is 3. The third kappa shape index (κ3) is 3.43. The summed E-state index contributed by atoms with van der Waals surface area (Å²) in [6.45, 7) is 3.70. The van der Waals surface area contributed by atoms with Crippen LogP contribution in [0.3, 0.4) is 0 Å². The molecule has 102 valence electrons. The predicted molar refractivity (Wildman–Crippen MR) is 61.6 cm³/mol. The second kappa shape index (κ2) is 6.34. The van der Waals surface area contributed by atoms with Gasteiger partial charge in [0.2, 0.25) is 11.8 Å². The molecule has 2 atom stereocenters. The van der Waals surface area contributed by atoms with Crippen molar-refractivity contribution in [2.24, 2.45) is 0 Å². The van der Waals surface area contributed by atoms with Crippen molar-refractivity contribution >= 4 is 17.8 Å². The Bertz CT molecular complexity index is 344. The van der Waals surface area contributed by atoms with Gasteiger partial charge in [-0.25, -0.2) is 4.79 Å². The van der Waals surface area contributed by atoms with E-state index in [9.17, 15) is 14.4 Å². The maximum absolute atomic E-state index is 12.1. The molecule has 0 radical (unpaired) electrons. The molecule has 0 aromatic rings. The first-order chi connectivity index (χ1) is 8.47. The van der Waals surface area contributed by atoms with Crippen LogP contribution in [0, 0.1) is 0 Å². The fraction of sp³-hybridized carbons (Fsp3) is 0.727. The molecule has 0 saturated carbocycles. The van der Waals surface area contributed by atoms with Crippen LogP contribution in [0.4, 0.5) is 0 Å². The minimum atomic E-state index is -0.743. The van der Waals surface area contributed by atoms with Crippen molar-refractivity contribution in [3.8, 4) is 0 Å². The van der Waals surface area contributed by atoms with Gasteiger partial charge >= 0.3 is 5.97 Å². The van der Waals surface area contributed by atoms with Crippen LogP contribution in [0.15, 0.2) is 0 Å². The monoisotopic (exact) mass is 258 g/mol. The Hall–Kier alpha value is -1.63. The van der Waals surface area contributed by atoms with E-state index in [4.69, 9.17) is 4.74 Å². The van der Waals surface area contributed by atoms with E-state index in [0.717, 1.165) is 0 Å². The molecule has 1 heterocycles. The Kier molecular flexibility index (Phi) is 5.08. The second-order valence-electron chi connectivity index (χ2n) is 4.07. The quantitative estimate of drug-likeness (QED) is 0.650. The lowest BCUT2D eigenvalue weighted by Gasteiger charge is -2.35. The van der Waals surface area contributed by atoms with Gasteiger partial charge in [0.05, 0.1) is 20.3 Å². The van der Waals surface area contributed by atoms with Gasteiger partial charge in [-0.3, -0.25) is 9.59 Å². The molecular formula is C11H18N2O5. The first-order valence-electron chi connectivity index (χ1n) is 5.70. The van der Waals surface area contributed by atoms with E-state index in [1.54, 1.807) is 6.92 Å². The SMILES string of the molecule is COC(=O)C1COCCN1C(=O)C(C)NC(C)=O. The van der Waals surface area contributed by atoms with Gasteiger partial charge in [-0.15, -0.1) is 0 Å². The van der Waals surface area contributed by atoms with Crippen molar-refractivity contribution in [3.63, 3.8) is 0 Å². The van der Waals surface area contributed by atoms with E-state index >= 15 is 0 Å². The number of esters is 1. The van der Waals surface area contributed by atoms with Crippen molar-refractivity contribution < 1.29 is 23.9 Å². The Morgan fingerprint density at radius 3 is 2.67 bits per heavy atom. The Balaban J connectivity index is 2.73. The number of ether oxygens (including phenoxy) is 2. The molecule has 0 aromatic carbocycles. The highest BCUT2D eigenvalue weighted by atomic mass is 16.5. The number of morpholine rings is 1. The van der Waals surface area contributed by atoms with Crippen LogP contribution in [-0.4, -0.2) is 61.6 Å². The zero-order valence-electron chi connectivity index (χ0n) is 10.8. The number of hydrogen-bond acceptors (Lipinski definition) is 5.